The van der Waals surface area contributed by atoms with E-state index in [4.69, 9.17) is 0 Å². The van der Waals surface area contributed by atoms with E-state index in [0.717, 1.165) is 5.56 Å². The lowest BCUT2D eigenvalue weighted by Crippen LogP contribution is -2.28. The number of aromatic nitrogens is 2. The van der Waals surface area contributed by atoms with Gasteiger partial charge in [-0.05, 0) is 36.4 Å². The molecule has 2 aromatic carbocycles. The number of carbonyl (C=O) groups is 1. The van der Waals surface area contributed by atoms with Crippen molar-refractivity contribution in [3.8, 4) is 0 Å². The van der Waals surface area contributed by atoms with Crippen LogP contribution < -0.4 is 10.6 Å². The molecule has 8 heteroatoms. The maximum Gasteiger partial charge on any atom is 0.319 e. The number of hydrogen-bond acceptors (Lipinski definition) is 4. The lowest BCUT2D eigenvalue weighted by atomic mass is 10.3. The topological polar surface area (TPSA) is 104 Å². The Labute approximate surface area is 145 Å². The molecular formula is C17H16N4O3S. The van der Waals surface area contributed by atoms with Crippen molar-refractivity contribution in [3.63, 3.8) is 0 Å². The van der Waals surface area contributed by atoms with Gasteiger partial charge in [0.15, 0.2) is 0 Å². The number of amides is 2. The van der Waals surface area contributed by atoms with E-state index >= 15 is 0 Å². The molecule has 0 fully saturated rings. The van der Waals surface area contributed by atoms with Crippen molar-refractivity contribution in [2.45, 2.75) is 16.3 Å². The van der Waals surface area contributed by atoms with E-state index in [1.54, 1.807) is 54.9 Å². The summed E-state index contributed by atoms with van der Waals surface area (Å²) < 4.78 is 25.0. The van der Waals surface area contributed by atoms with Crippen LogP contribution in [0.3, 0.4) is 0 Å². The molecule has 1 heterocycles. The number of aromatic amines is 1. The third kappa shape index (κ3) is 4.04. The number of rotatable bonds is 5. The summed E-state index contributed by atoms with van der Waals surface area (Å²) in [6.45, 7) is 0.336. The first-order valence-electron chi connectivity index (χ1n) is 7.48. The first kappa shape index (κ1) is 16.7. The zero-order valence-electron chi connectivity index (χ0n) is 13.1. The number of H-pyrrole nitrogens is 1. The van der Waals surface area contributed by atoms with Gasteiger partial charge in [0.2, 0.25) is 9.84 Å². The van der Waals surface area contributed by atoms with Gasteiger partial charge in [0.1, 0.15) is 0 Å². The second-order valence-corrected chi connectivity index (χ2v) is 7.20. The minimum atomic E-state index is -3.56. The van der Waals surface area contributed by atoms with Crippen molar-refractivity contribution in [1.82, 2.24) is 15.5 Å². The normalized spacial score (nSPS) is 11.0. The highest BCUT2D eigenvalue weighted by atomic mass is 32.2. The number of anilines is 1. The highest BCUT2D eigenvalue weighted by molar-refractivity contribution is 7.91. The van der Waals surface area contributed by atoms with Crippen LogP contribution in [0.1, 0.15) is 5.56 Å². The Bertz CT molecular complexity index is 937. The third-order valence-electron chi connectivity index (χ3n) is 3.48. The number of nitrogens with one attached hydrogen (secondary N) is 3. The number of nitrogens with zero attached hydrogens (tertiary/aromatic N) is 1. The molecule has 25 heavy (non-hydrogen) atoms. The van der Waals surface area contributed by atoms with Crippen molar-refractivity contribution in [3.05, 3.63) is 72.6 Å². The smallest absolute Gasteiger partial charge is 0.319 e. The van der Waals surface area contributed by atoms with Crippen LogP contribution in [0, 0.1) is 0 Å². The molecule has 7 nitrogen and oxygen atoms in total. The van der Waals surface area contributed by atoms with Gasteiger partial charge in [-0.1, -0.05) is 18.2 Å². The molecular weight excluding hydrogens is 340 g/mol. The lowest BCUT2D eigenvalue weighted by molar-refractivity contribution is 0.251. The zero-order chi connectivity index (χ0) is 17.7. The molecule has 1 aromatic heterocycles. The monoisotopic (exact) mass is 356 g/mol. The van der Waals surface area contributed by atoms with Gasteiger partial charge in [0.05, 0.1) is 16.0 Å². The third-order valence-corrected chi connectivity index (χ3v) is 5.27. The summed E-state index contributed by atoms with van der Waals surface area (Å²) in [5, 5.41) is 11.8. The van der Waals surface area contributed by atoms with Crippen LogP contribution in [0.5, 0.6) is 0 Å². The molecule has 0 bridgehead atoms. The fraction of sp³-hybridized carbons (Fsp3) is 0.0588. The highest BCUT2D eigenvalue weighted by Crippen LogP contribution is 2.22. The summed E-state index contributed by atoms with van der Waals surface area (Å²) in [6, 6.07) is 13.8. The Morgan fingerprint density at radius 3 is 2.32 bits per heavy atom. The molecule has 0 aliphatic carbocycles. The van der Waals surface area contributed by atoms with Gasteiger partial charge in [-0.25, -0.2) is 13.2 Å². The number of urea groups is 1. The van der Waals surface area contributed by atoms with Gasteiger partial charge < -0.3 is 10.6 Å². The predicted octanol–water partition coefficient (Wildman–Crippen LogP) is 2.56. The van der Waals surface area contributed by atoms with Crippen molar-refractivity contribution in [2.24, 2.45) is 0 Å². The number of hydrogen-bond donors (Lipinski definition) is 3. The summed E-state index contributed by atoms with van der Waals surface area (Å²) in [7, 11) is -3.56. The van der Waals surface area contributed by atoms with Crippen molar-refractivity contribution in [1.29, 1.82) is 0 Å². The summed E-state index contributed by atoms with van der Waals surface area (Å²) in [4.78, 5) is 12.2. The number of sulfone groups is 1. The van der Waals surface area contributed by atoms with E-state index in [2.05, 4.69) is 20.8 Å². The Kier molecular flexibility index (Phi) is 4.80. The molecule has 3 rings (SSSR count). The van der Waals surface area contributed by atoms with Crippen LogP contribution in [-0.2, 0) is 16.4 Å². The number of benzene rings is 2. The first-order valence-corrected chi connectivity index (χ1v) is 8.97. The second kappa shape index (κ2) is 7.18. The molecule has 0 saturated heterocycles. The van der Waals surface area contributed by atoms with Gasteiger partial charge in [-0.2, -0.15) is 5.10 Å². The van der Waals surface area contributed by atoms with Crippen LogP contribution >= 0.6 is 0 Å². The van der Waals surface area contributed by atoms with Crippen molar-refractivity contribution >= 4 is 21.6 Å². The molecule has 2 amide bonds. The maximum absolute atomic E-state index is 12.5. The standard InChI is InChI=1S/C17H16N4O3S/c22-17(18-10-13-11-19-20-12-13)21-14-6-8-16(9-7-14)25(23,24)15-4-2-1-3-5-15/h1-9,11-12H,10H2,(H,19,20)(H2,18,21,22). The average Bonchev–Trinajstić information content (AvgIpc) is 3.15. The highest BCUT2D eigenvalue weighted by Gasteiger charge is 2.16. The van der Waals surface area contributed by atoms with Crippen LogP contribution in [0.15, 0.2) is 76.8 Å². The Morgan fingerprint density at radius 1 is 1.00 bits per heavy atom. The van der Waals surface area contributed by atoms with Crippen molar-refractivity contribution in [2.75, 3.05) is 5.32 Å². The van der Waals surface area contributed by atoms with E-state index in [-0.39, 0.29) is 15.8 Å². The van der Waals surface area contributed by atoms with E-state index in [1.165, 1.54) is 12.1 Å². The van der Waals surface area contributed by atoms with Crippen LogP contribution in [-0.4, -0.2) is 24.6 Å². The zero-order valence-corrected chi connectivity index (χ0v) is 14.0. The Balaban J connectivity index is 1.65. The Morgan fingerprint density at radius 2 is 1.68 bits per heavy atom. The number of carbonyl (C=O) groups excluding carboxylic acids is 1. The quantitative estimate of drug-likeness (QED) is 0.653. The summed E-state index contributed by atoms with van der Waals surface area (Å²) in [5.74, 6) is 0. The predicted molar refractivity (Wildman–Crippen MR) is 92.8 cm³/mol. The van der Waals surface area contributed by atoms with Crippen molar-refractivity contribution < 1.29 is 13.2 Å². The minimum Gasteiger partial charge on any atom is -0.334 e. The van der Waals surface area contributed by atoms with Gasteiger partial charge in [-0.15, -0.1) is 0 Å². The summed E-state index contributed by atoms with van der Waals surface area (Å²) in [5.41, 5.74) is 1.34. The first-order chi connectivity index (χ1) is 12.1. The fourth-order valence-corrected chi connectivity index (χ4v) is 3.47. The molecule has 0 aliphatic rings. The van der Waals surface area contributed by atoms with Gasteiger partial charge in [0, 0.05) is 24.0 Å². The SMILES string of the molecule is O=C(NCc1cn[nH]c1)Nc1ccc(S(=O)(=O)c2ccccc2)cc1. The van der Waals surface area contributed by atoms with E-state index in [9.17, 15) is 13.2 Å². The van der Waals surface area contributed by atoms with Gasteiger partial charge >= 0.3 is 6.03 Å². The van der Waals surface area contributed by atoms with E-state index < -0.39 is 9.84 Å². The lowest BCUT2D eigenvalue weighted by Gasteiger charge is -2.08. The average molecular weight is 356 g/mol. The summed E-state index contributed by atoms with van der Waals surface area (Å²) >= 11 is 0. The summed E-state index contributed by atoms with van der Waals surface area (Å²) in [6.07, 6.45) is 3.30. The van der Waals surface area contributed by atoms with E-state index in [0.29, 0.717) is 12.2 Å². The second-order valence-electron chi connectivity index (χ2n) is 5.26. The molecule has 0 radical (unpaired) electrons. The minimum absolute atomic E-state index is 0.169. The van der Waals surface area contributed by atoms with E-state index in [1.807, 2.05) is 0 Å². The Hall–Kier alpha value is -3.13. The van der Waals surface area contributed by atoms with Gasteiger partial charge in [-0.3, -0.25) is 5.10 Å². The molecule has 128 valence electrons. The van der Waals surface area contributed by atoms with Crippen LogP contribution in [0.2, 0.25) is 0 Å². The molecule has 0 spiro atoms. The molecule has 0 atom stereocenters. The molecule has 3 N–H and O–H groups in total. The van der Waals surface area contributed by atoms with Gasteiger partial charge in [0.25, 0.3) is 0 Å². The maximum atomic E-state index is 12.5. The van der Waals surface area contributed by atoms with Crippen LogP contribution in [0.4, 0.5) is 10.5 Å². The molecule has 0 aliphatic heterocycles. The molecule has 0 unspecified atom stereocenters. The largest absolute Gasteiger partial charge is 0.334 e. The molecule has 0 saturated carbocycles. The fourth-order valence-electron chi connectivity index (χ4n) is 2.19. The van der Waals surface area contributed by atoms with Crippen LogP contribution in [0.25, 0.3) is 0 Å². The molecule has 3 aromatic rings.